The highest BCUT2D eigenvalue weighted by atomic mass is 32.2. The molecule has 1 aliphatic rings. The minimum atomic E-state index is -3.66. The molecule has 0 saturated carbocycles. The molecule has 28 heavy (non-hydrogen) atoms. The Morgan fingerprint density at radius 3 is 2.61 bits per heavy atom. The normalized spacial score (nSPS) is 13.4. The minimum Gasteiger partial charge on any atom is -0.318 e. The molecule has 0 unspecified atom stereocenters. The van der Waals surface area contributed by atoms with E-state index in [2.05, 4.69) is 10.3 Å². The fourth-order valence-electron chi connectivity index (χ4n) is 3.29. The van der Waals surface area contributed by atoms with E-state index in [1.54, 1.807) is 30.5 Å². The van der Waals surface area contributed by atoms with E-state index in [-0.39, 0.29) is 10.8 Å². The number of aromatic nitrogens is 1. The summed E-state index contributed by atoms with van der Waals surface area (Å²) >= 11 is 1.46. The predicted octanol–water partition coefficient (Wildman–Crippen LogP) is 3.83. The van der Waals surface area contributed by atoms with Crippen LogP contribution in [0.5, 0.6) is 0 Å². The monoisotopic (exact) mass is 413 g/mol. The van der Waals surface area contributed by atoms with E-state index < -0.39 is 10.0 Å². The Labute approximate surface area is 167 Å². The third kappa shape index (κ3) is 3.29. The standard InChI is InChI=1S/C20H19N3O3S2/c1-13-3-5-15(6-4-13)28(25,26)23-12-10-17-16(9-11-21-20(17)23)18-7-8-19(27-18)22-14(2)24/h3-9,11H,10,12H2,1-2H3,(H,22,24). The Morgan fingerprint density at radius 2 is 1.89 bits per heavy atom. The number of benzene rings is 1. The highest BCUT2D eigenvalue weighted by molar-refractivity contribution is 7.92. The van der Waals surface area contributed by atoms with E-state index in [0.717, 1.165) is 26.6 Å². The van der Waals surface area contributed by atoms with Gasteiger partial charge in [-0.25, -0.2) is 17.7 Å². The largest absolute Gasteiger partial charge is 0.318 e. The van der Waals surface area contributed by atoms with Crippen molar-refractivity contribution in [1.29, 1.82) is 0 Å². The van der Waals surface area contributed by atoms with Gasteiger partial charge in [0.2, 0.25) is 5.91 Å². The lowest BCUT2D eigenvalue weighted by atomic mass is 10.1. The van der Waals surface area contributed by atoms with Crippen molar-refractivity contribution in [2.24, 2.45) is 0 Å². The zero-order valence-electron chi connectivity index (χ0n) is 15.5. The highest BCUT2D eigenvalue weighted by Crippen LogP contribution is 2.40. The lowest BCUT2D eigenvalue weighted by Gasteiger charge is -2.19. The van der Waals surface area contributed by atoms with Gasteiger partial charge in [-0.2, -0.15) is 0 Å². The fourth-order valence-corrected chi connectivity index (χ4v) is 5.74. The summed E-state index contributed by atoms with van der Waals surface area (Å²) in [6.45, 7) is 3.75. The summed E-state index contributed by atoms with van der Waals surface area (Å²) in [7, 11) is -3.66. The number of rotatable bonds is 4. The molecule has 0 saturated heterocycles. The Morgan fingerprint density at radius 1 is 1.14 bits per heavy atom. The Bertz CT molecular complexity index is 1150. The number of carbonyl (C=O) groups is 1. The maximum Gasteiger partial charge on any atom is 0.265 e. The average Bonchev–Trinajstić information content (AvgIpc) is 3.28. The van der Waals surface area contributed by atoms with E-state index in [4.69, 9.17) is 0 Å². The van der Waals surface area contributed by atoms with Crippen LogP contribution in [0.2, 0.25) is 0 Å². The third-order valence-electron chi connectivity index (χ3n) is 4.61. The molecule has 4 rings (SSSR count). The van der Waals surface area contributed by atoms with Gasteiger partial charge in [0.15, 0.2) is 0 Å². The number of aryl methyl sites for hydroxylation is 1. The molecule has 8 heteroatoms. The number of anilines is 2. The molecule has 1 aromatic carbocycles. The van der Waals surface area contributed by atoms with Crippen LogP contribution in [0, 0.1) is 6.92 Å². The summed E-state index contributed by atoms with van der Waals surface area (Å²) in [5.74, 6) is 0.358. The molecular formula is C20H19N3O3S2. The summed E-state index contributed by atoms with van der Waals surface area (Å²) in [6.07, 6.45) is 2.23. The molecule has 0 radical (unpaired) electrons. The summed E-state index contributed by atoms with van der Waals surface area (Å²) < 4.78 is 27.6. The number of sulfonamides is 1. The number of amides is 1. The minimum absolute atomic E-state index is 0.122. The molecule has 0 atom stereocenters. The van der Waals surface area contributed by atoms with E-state index in [0.29, 0.717) is 18.8 Å². The van der Waals surface area contributed by atoms with Crippen molar-refractivity contribution in [3.05, 3.63) is 59.8 Å². The number of thiophene rings is 1. The van der Waals surface area contributed by atoms with Crippen molar-refractivity contribution >= 4 is 38.1 Å². The zero-order valence-corrected chi connectivity index (χ0v) is 17.1. The van der Waals surface area contributed by atoms with Gasteiger partial charge >= 0.3 is 0 Å². The molecule has 1 aliphatic heterocycles. The Kier molecular flexibility index (Phi) is 4.68. The van der Waals surface area contributed by atoms with Crippen LogP contribution in [0.1, 0.15) is 18.1 Å². The summed E-state index contributed by atoms with van der Waals surface area (Å²) in [5.41, 5.74) is 2.87. The molecule has 0 fully saturated rings. The fraction of sp³-hybridized carbons (Fsp3) is 0.200. The smallest absolute Gasteiger partial charge is 0.265 e. The number of carbonyl (C=O) groups excluding carboxylic acids is 1. The summed E-state index contributed by atoms with van der Waals surface area (Å²) in [6, 6.07) is 12.5. The van der Waals surface area contributed by atoms with Crippen molar-refractivity contribution in [3.8, 4) is 10.4 Å². The van der Waals surface area contributed by atoms with Crippen LogP contribution in [0.4, 0.5) is 10.8 Å². The van der Waals surface area contributed by atoms with Gasteiger partial charge in [0.1, 0.15) is 5.82 Å². The molecule has 6 nitrogen and oxygen atoms in total. The summed E-state index contributed by atoms with van der Waals surface area (Å²) in [4.78, 5) is 16.9. The van der Waals surface area contributed by atoms with Gasteiger partial charge in [-0.3, -0.25) is 4.79 Å². The van der Waals surface area contributed by atoms with Gasteiger partial charge in [-0.05, 0) is 43.7 Å². The van der Waals surface area contributed by atoms with Gasteiger partial charge in [0, 0.05) is 35.7 Å². The first-order valence-electron chi connectivity index (χ1n) is 8.81. The van der Waals surface area contributed by atoms with Crippen LogP contribution in [0.15, 0.2) is 53.6 Å². The maximum atomic E-state index is 13.1. The number of hydrogen-bond acceptors (Lipinski definition) is 5. The second kappa shape index (κ2) is 7.03. The Hall–Kier alpha value is -2.71. The number of nitrogens with one attached hydrogen (secondary N) is 1. The molecule has 2 aromatic heterocycles. The maximum absolute atomic E-state index is 13.1. The van der Waals surface area contributed by atoms with Gasteiger partial charge < -0.3 is 5.32 Å². The van der Waals surface area contributed by atoms with Crippen molar-refractivity contribution < 1.29 is 13.2 Å². The highest BCUT2D eigenvalue weighted by Gasteiger charge is 2.33. The van der Waals surface area contributed by atoms with Crippen LogP contribution < -0.4 is 9.62 Å². The number of hydrogen-bond donors (Lipinski definition) is 1. The molecule has 0 bridgehead atoms. The van der Waals surface area contributed by atoms with Crippen molar-refractivity contribution in [2.45, 2.75) is 25.2 Å². The Balaban J connectivity index is 1.72. The van der Waals surface area contributed by atoms with Crippen LogP contribution in [-0.2, 0) is 21.2 Å². The van der Waals surface area contributed by atoms with E-state index >= 15 is 0 Å². The van der Waals surface area contributed by atoms with Crippen LogP contribution in [-0.4, -0.2) is 25.9 Å². The number of nitrogens with zero attached hydrogens (tertiary/aromatic N) is 2. The van der Waals surface area contributed by atoms with Crippen LogP contribution in [0.25, 0.3) is 10.4 Å². The second-order valence-corrected chi connectivity index (χ2v) is 9.59. The van der Waals surface area contributed by atoms with Crippen LogP contribution >= 0.6 is 11.3 Å². The van der Waals surface area contributed by atoms with E-state index in [1.165, 1.54) is 22.6 Å². The number of pyridine rings is 1. The third-order valence-corrected chi connectivity index (χ3v) is 7.45. The predicted molar refractivity (Wildman–Crippen MR) is 111 cm³/mol. The molecule has 0 aliphatic carbocycles. The molecule has 3 heterocycles. The van der Waals surface area contributed by atoms with Crippen LogP contribution in [0.3, 0.4) is 0 Å². The van der Waals surface area contributed by atoms with Crippen molar-refractivity contribution in [1.82, 2.24) is 4.98 Å². The molecule has 1 N–H and O–H groups in total. The zero-order chi connectivity index (χ0) is 19.9. The molecule has 3 aromatic rings. The topological polar surface area (TPSA) is 79.4 Å². The average molecular weight is 414 g/mol. The molecule has 0 spiro atoms. The first-order chi connectivity index (χ1) is 13.4. The van der Waals surface area contributed by atoms with Gasteiger partial charge in [-0.1, -0.05) is 17.7 Å². The van der Waals surface area contributed by atoms with Gasteiger partial charge in [0.25, 0.3) is 10.0 Å². The quantitative estimate of drug-likeness (QED) is 0.705. The summed E-state index contributed by atoms with van der Waals surface area (Å²) in [5, 5.41) is 3.54. The second-order valence-electron chi connectivity index (χ2n) is 6.65. The van der Waals surface area contributed by atoms with Gasteiger partial charge in [-0.15, -0.1) is 11.3 Å². The first kappa shape index (κ1) is 18.6. The number of fused-ring (bicyclic) bond motifs is 1. The van der Waals surface area contributed by atoms with Crippen molar-refractivity contribution in [2.75, 3.05) is 16.2 Å². The SMILES string of the molecule is CC(=O)Nc1ccc(-c2ccnc3c2CCN3S(=O)(=O)c2ccc(C)cc2)s1. The van der Waals surface area contributed by atoms with E-state index in [9.17, 15) is 13.2 Å². The van der Waals surface area contributed by atoms with Crippen molar-refractivity contribution in [3.63, 3.8) is 0 Å². The molecule has 1 amide bonds. The molecular weight excluding hydrogens is 394 g/mol. The van der Waals surface area contributed by atoms with Gasteiger partial charge in [0.05, 0.1) is 9.90 Å². The van der Waals surface area contributed by atoms with E-state index in [1.807, 2.05) is 25.1 Å². The lowest BCUT2D eigenvalue weighted by Crippen LogP contribution is -2.29. The first-order valence-corrected chi connectivity index (χ1v) is 11.1. The lowest BCUT2D eigenvalue weighted by molar-refractivity contribution is -0.114. The molecule has 144 valence electrons.